The summed E-state index contributed by atoms with van der Waals surface area (Å²) in [6.45, 7) is 2.46. The number of aryl methyl sites for hydroxylation is 1. The minimum atomic E-state index is -0.475. The van der Waals surface area contributed by atoms with Crippen LogP contribution in [-0.2, 0) is 0 Å². The van der Waals surface area contributed by atoms with Crippen molar-refractivity contribution in [3.8, 4) is 0 Å². The summed E-state index contributed by atoms with van der Waals surface area (Å²) in [5, 5.41) is 0.881. The molecule has 0 aliphatic carbocycles. The van der Waals surface area contributed by atoms with Gasteiger partial charge in [-0.05, 0) is 43.5 Å². The summed E-state index contributed by atoms with van der Waals surface area (Å²) in [6.07, 6.45) is 5.23. The van der Waals surface area contributed by atoms with Gasteiger partial charge in [-0.2, -0.15) is 0 Å². The Balaban J connectivity index is 1.44. The third-order valence-corrected chi connectivity index (χ3v) is 4.94. The lowest BCUT2D eigenvalue weighted by Gasteiger charge is -2.25. The molecule has 1 fully saturated rings. The molecule has 3 heterocycles. The van der Waals surface area contributed by atoms with Crippen LogP contribution in [-0.4, -0.2) is 28.4 Å². The first-order chi connectivity index (χ1) is 13.1. The highest BCUT2D eigenvalue weighted by molar-refractivity contribution is 5.99. The minimum Gasteiger partial charge on any atom is -0.451 e. The predicted octanol–water partition coefficient (Wildman–Crippen LogP) is 3.33. The van der Waals surface area contributed by atoms with E-state index in [0.717, 1.165) is 29.4 Å². The molecule has 1 aliphatic rings. The molecular weight excluding hydrogens is 344 g/mol. The number of furan rings is 1. The summed E-state index contributed by atoms with van der Waals surface area (Å²) >= 11 is 0. The van der Waals surface area contributed by atoms with Gasteiger partial charge in [0.1, 0.15) is 5.58 Å². The number of nitrogens with one attached hydrogen (secondary N) is 2. The summed E-state index contributed by atoms with van der Waals surface area (Å²) in [6, 6.07) is 10.9. The Morgan fingerprint density at radius 3 is 2.70 bits per heavy atom. The lowest BCUT2D eigenvalue weighted by Crippen LogP contribution is -2.48. The van der Waals surface area contributed by atoms with Gasteiger partial charge in [-0.15, -0.1) is 0 Å². The average Bonchev–Trinajstić information content (AvgIpc) is 3.32. The van der Waals surface area contributed by atoms with Crippen molar-refractivity contribution in [1.82, 2.24) is 20.7 Å². The van der Waals surface area contributed by atoms with E-state index in [-0.39, 0.29) is 17.8 Å². The van der Waals surface area contributed by atoms with E-state index in [0.29, 0.717) is 12.1 Å². The molecule has 1 aliphatic heterocycles. The molecule has 3 amide bonds. The quantitative estimate of drug-likeness (QED) is 0.683. The molecule has 27 heavy (non-hydrogen) atoms. The van der Waals surface area contributed by atoms with Gasteiger partial charge in [0.25, 0.3) is 0 Å². The first-order valence-electron chi connectivity index (χ1n) is 8.90. The van der Waals surface area contributed by atoms with Crippen molar-refractivity contribution in [2.45, 2.75) is 25.8 Å². The molecule has 0 spiro atoms. The molecule has 1 unspecified atom stereocenters. The molecule has 2 aromatic heterocycles. The van der Waals surface area contributed by atoms with Gasteiger partial charge in [-0.25, -0.2) is 10.2 Å². The number of pyridine rings is 1. The minimum absolute atomic E-state index is 0.0159. The van der Waals surface area contributed by atoms with Crippen LogP contribution in [0.4, 0.5) is 4.79 Å². The zero-order valence-corrected chi connectivity index (χ0v) is 14.9. The summed E-state index contributed by atoms with van der Waals surface area (Å²) in [7, 11) is 0. The second-order valence-electron chi connectivity index (χ2n) is 6.57. The van der Waals surface area contributed by atoms with Crippen molar-refractivity contribution < 1.29 is 14.0 Å². The van der Waals surface area contributed by atoms with Gasteiger partial charge in [0.2, 0.25) is 0 Å². The molecule has 138 valence electrons. The molecule has 1 aromatic carbocycles. The number of fused-ring (bicyclic) bond motifs is 1. The van der Waals surface area contributed by atoms with Gasteiger partial charge in [0.05, 0.1) is 6.04 Å². The number of amides is 3. The molecule has 7 heteroatoms. The van der Waals surface area contributed by atoms with E-state index in [4.69, 9.17) is 4.42 Å². The van der Waals surface area contributed by atoms with Gasteiger partial charge in [-0.3, -0.25) is 15.2 Å². The second-order valence-corrected chi connectivity index (χ2v) is 6.57. The Kier molecular flexibility index (Phi) is 4.50. The fourth-order valence-electron chi connectivity index (χ4n) is 3.57. The van der Waals surface area contributed by atoms with E-state index >= 15 is 0 Å². The Labute approximate surface area is 156 Å². The Hall–Kier alpha value is -3.35. The number of aromatic nitrogens is 1. The molecule has 0 radical (unpaired) electrons. The van der Waals surface area contributed by atoms with Gasteiger partial charge in [0.15, 0.2) is 5.76 Å². The Bertz CT molecular complexity index is 983. The molecule has 1 atom stereocenters. The van der Waals surface area contributed by atoms with Crippen LogP contribution < -0.4 is 10.9 Å². The smallest absolute Gasteiger partial charge is 0.336 e. The van der Waals surface area contributed by atoms with Crippen molar-refractivity contribution in [1.29, 1.82) is 0 Å². The van der Waals surface area contributed by atoms with E-state index in [1.165, 1.54) is 0 Å². The molecule has 2 N–H and O–H groups in total. The highest BCUT2D eigenvalue weighted by Crippen LogP contribution is 2.31. The molecule has 7 nitrogen and oxygen atoms in total. The van der Waals surface area contributed by atoms with Crippen LogP contribution >= 0.6 is 0 Å². The van der Waals surface area contributed by atoms with Gasteiger partial charge in [-0.1, -0.05) is 18.2 Å². The van der Waals surface area contributed by atoms with Gasteiger partial charge >= 0.3 is 11.9 Å². The number of para-hydroxylation sites is 1. The molecule has 0 bridgehead atoms. The number of urea groups is 1. The summed E-state index contributed by atoms with van der Waals surface area (Å²) < 4.78 is 5.62. The first-order valence-corrected chi connectivity index (χ1v) is 8.90. The monoisotopic (exact) mass is 364 g/mol. The normalized spacial score (nSPS) is 16.5. The number of carbonyl (C=O) groups excluding carboxylic acids is 2. The van der Waals surface area contributed by atoms with E-state index in [9.17, 15) is 9.59 Å². The second kappa shape index (κ2) is 7.11. The third-order valence-electron chi connectivity index (χ3n) is 4.94. The molecule has 1 saturated heterocycles. The Morgan fingerprint density at radius 2 is 1.93 bits per heavy atom. The van der Waals surface area contributed by atoms with Crippen molar-refractivity contribution in [3.63, 3.8) is 0 Å². The zero-order chi connectivity index (χ0) is 18.8. The maximum absolute atomic E-state index is 12.6. The largest absolute Gasteiger partial charge is 0.451 e. The highest BCUT2D eigenvalue weighted by Gasteiger charge is 2.30. The lowest BCUT2D eigenvalue weighted by atomic mass is 10.1. The van der Waals surface area contributed by atoms with E-state index < -0.39 is 5.91 Å². The highest BCUT2D eigenvalue weighted by atomic mass is 16.3. The van der Waals surface area contributed by atoms with Crippen LogP contribution in [0.2, 0.25) is 0 Å². The number of likely N-dealkylation sites (tertiary alicyclic amines) is 1. The Morgan fingerprint density at radius 1 is 1.15 bits per heavy atom. The number of nitrogens with zero attached hydrogens (tertiary/aromatic N) is 2. The van der Waals surface area contributed by atoms with Crippen LogP contribution in [0.15, 0.2) is 53.2 Å². The SMILES string of the molecule is Cc1c(C(=O)NNC(=O)N2CCCC2c2ccncc2)oc2ccccc12. The average molecular weight is 364 g/mol. The standard InChI is InChI=1S/C20H20N4O3/c1-13-15-5-2-3-7-17(15)27-18(13)19(25)22-23-20(26)24-12-4-6-16(24)14-8-10-21-11-9-14/h2-3,5,7-11,16H,4,6,12H2,1H3,(H,22,25)(H,23,26). The van der Waals surface area contributed by atoms with Crippen molar-refractivity contribution in [2.75, 3.05) is 6.54 Å². The fourth-order valence-corrected chi connectivity index (χ4v) is 3.57. The molecule has 3 aromatic rings. The van der Waals surface area contributed by atoms with Crippen LogP contribution in [0.5, 0.6) is 0 Å². The van der Waals surface area contributed by atoms with E-state index in [1.54, 1.807) is 23.4 Å². The van der Waals surface area contributed by atoms with Crippen LogP contribution in [0.1, 0.15) is 40.6 Å². The summed E-state index contributed by atoms with van der Waals surface area (Å²) in [4.78, 5) is 30.8. The number of rotatable bonds is 2. The topological polar surface area (TPSA) is 87.5 Å². The predicted molar refractivity (Wildman–Crippen MR) is 99.9 cm³/mol. The molecule has 4 rings (SSSR count). The van der Waals surface area contributed by atoms with Gasteiger partial charge in [0, 0.05) is 29.9 Å². The fraction of sp³-hybridized carbons (Fsp3) is 0.250. The first kappa shape index (κ1) is 17.1. The molecular formula is C20H20N4O3. The van der Waals surface area contributed by atoms with Crippen molar-refractivity contribution in [2.24, 2.45) is 0 Å². The number of hydrogen-bond donors (Lipinski definition) is 2. The lowest BCUT2D eigenvalue weighted by molar-refractivity contribution is 0.0902. The zero-order valence-electron chi connectivity index (χ0n) is 14.9. The van der Waals surface area contributed by atoms with Crippen LogP contribution in [0.3, 0.4) is 0 Å². The van der Waals surface area contributed by atoms with E-state index in [2.05, 4.69) is 15.8 Å². The van der Waals surface area contributed by atoms with E-state index in [1.807, 2.05) is 37.3 Å². The van der Waals surface area contributed by atoms with Crippen LogP contribution in [0.25, 0.3) is 11.0 Å². The van der Waals surface area contributed by atoms with Crippen molar-refractivity contribution >= 4 is 22.9 Å². The number of hydrazine groups is 1. The molecule has 0 saturated carbocycles. The summed E-state index contributed by atoms with van der Waals surface area (Å²) in [5.41, 5.74) is 7.39. The maximum atomic E-state index is 12.6. The third kappa shape index (κ3) is 3.23. The van der Waals surface area contributed by atoms with Crippen molar-refractivity contribution in [3.05, 3.63) is 65.7 Å². The summed E-state index contributed by atoms with van der Waals surface area (Å²) in [5.74, 6) is -0.277. The van der Waals surface area contributed by atoms with Gasteiger partial charge < -0.3 is 9.32 Å². The maximum Gasteiger partial charge on any atom is 0.336 e. The number of benzene rings is 1. The van der Waals surface area contributed by atoms with Crippen LogP contribution in [0, 0.1) is 6.92 Å². The number of hydrogen-bond acceptors (Lipinski definition) is 4. The number of carbonyl (C=O) groups is 2.